The number of rotatable bonds is 5. The fourth-order valence-corrected chi connectivity index (χ4v) is 2.05. The van der Waals surface area contributed by atoms with E-state index in [1.54, 1.807) is 12.1 Å². The Balaban J connectivity index is 1.91. The van der Waals surface area contributed by atoms with Crippen LogP contribution in [0, 0.1) is 5.82 Å². The summed E-state index contributed by atoms with van der Waals surface area (Å²) in [6.45, 7) is 1.29. The van der Waals surface area contributed by atoms with Gasteiger partial charge in [0.05, 0.1) is 6.10 Å². The average Bonchev–Trinajstić information content (AvgIpc) is 2.40. The summed E-state index contributed by atoms with van der Waals surface area (Å²) in [7, 11) is 1.96. The van der Waals surface area contributed by atoms with Gasteiger partial charge in [0.1, 0.15) is 5.82 Å². The minimum absolute atomic E-state index is 0.284. The molecule has 1 atom stereocenters. The fourth-order valence-electron chi connectivity index (χ4n) is 2.05. The van der Waals surface area contributed by atoms with Gasteiger partial charge in [-0.25, -0.2) is 4.39 Å². The molecule has 19 heavy (non-hydrogen) atoms. The standard InChI is InChI=1S/C16H18FNO/c1-18(11-13-5-3-2-4-6-13)12-16(19)14-7-9-15(17)10-8-14/h2-10,16,19H,11-12H2,1H3/t16-/m0/s1. The highest BCUT2D eigenvalue weighted by molar-refractivity contribution is 5.19. The Morgan fingerprint density at radius 2 is 1.68 bits per heavy atom. The first-order chi connectivity index (χ1) is 9.15. The molecular weight excluding hydrogens is 241 g/mol. The van der Waals surface area contributed by atoms with E-state index in [1.165, 1.54) is 17.7 Å². The first kappa shape index (κ1) is 13.7. The molecule has 0 aliphatic carbocycles. The van der Waals surface area contributed by atoms with Crippen LogP contribution >= 0.6 is 0 Å². The average molecular weight is 259 g/mol. The molecule has 0 radical (unpaired) electrons. The molecule has 2 aromatic rings. The summed E-state index contributed by atoms with van der Waals surface area (Å²) in [4.78, 5) is 2.04. The number of halogens is 1. The van der Waals surface area contributed by atoms with E-state index in [0.717, 1.165) is 12.1 Å². The van der Waals surface area contributed by atoms with Crippen molar-refractivity contribution in [3.63, 3.8) is 0 Å². The van der Waals surface area contributed by atoms with Crippen LogP contribution in [0.1, 0.15) is 17.2 Å². The molecule has 0 aliphatic heterocycles. The van der Waals surface area contributed by atoms with E-state index < -0.39 is 6.10 Å². The van der Waals surface area contributed by atoms with Gasteiger partial charge >= 0.3 is 0 Å². The molecule has 0 saturated heterocycles. The van der Waals surface area contributed by atoms with Gasteiger partial charge in [-0.1, -0.05) is 42.5 Å². The second-order valence-corrected chi connectivity index (χ2v) is 4.75. The molecule has 0 amide bonds. The molecule has 2 rings (SSSR count). The maximum absolute atomic E-state index is 12.8. The van der Waals surface area contributed by atoms with Crippen molar-refractivity contribution >= 4 is 0 Å². The number of benzene rings is 2. The third-order valence-corrected chi connectivity index (χ3v) is 3.03. The first-order valence-corrected chi connectivity index (χ1v) is 6.31. The summed E-state index contributed by atoms with van der Waals surface area (Å²) in [6.07, 6.45) is -0.602. The molecule has 3 heteroatoms. The highest BCUT2D eigenvalue weighted by Crippen LogP contribution is 2.15. The van der Waals surface area contributed by atoms with E-state index in [9.17, 15) is 9.50 Å². The van der Waals surface area contributed by atoms with E-state index in [2.05, 4.69) is 12.1 Å². The Kier molecular flexibility index (Phi) is 4.66. The van der Waals surface area contributed by atoms with Crippen LogP contribution in [0.3, 0.4) is 0 Å². The molecule has 2 nitrogen and oxygen atoms in total. The van der Waals surface area contributed by atoms with E-state index in [1.807, 2.05) is 30.1 Å². The van der Waals surface area contributed by atoms with Crippen LogP contribution in [0.5, 0.6) is 0 Å². The highest BCUT2D eigenvalue weighted by atomic mass is 19.1. The van der Waals surface area contributed by atoms with Crippen molar-refractivity contribution in [2.75, 3.05) is 13.6 Å². The maximum atomic E-state index is 12.8. The summed E-state index contributed by atoms with van der Waals surface area (Å²) in [5, 5.41) is 10.1. The molecule has 0 spiro atoms. The summed E-state index contributed by atoms with van der Waals surface area (Å²) in [5.74, 6) is -0.284. The summed E-state index contributed by atoms with van der Waals surface area (Å²) >= 11 is 0. The van der Waals surface area contributed by atoms with Crippen LogP contribution in [0.2, 0.25) is 0 Å². The van der Waals surface area contributed by atoms with Crippen molar-refractivity contribution in [1.82, 2.24) is 4.90 Å². The second kappa shape index (κ2) is 6.45. The lowest BCUT2D eigenvalue weighted by Crippen LogP contribution is -2.24. The van der Waals surface area contributed by atoms with Gasteiger partial charge in [-0.3, -0.25) is 4.90 Å². The van der Waals surface area contributed by atoms with Crippen LogP contribution in [0.4, 0.5) is 4.39 Å². The van der Waals surface area contributed by atoms with Gasteiger partial charge in [0.25, 0.3) is 0 Å². The van der Waals surface area contributed by atoms with E-state index in [0.29, 0.717) is 6.54 Å². The van der Waals surface area contributed by atoms with E-state index in [4.69, 9.17) is 0 Å². The fraction of sp³-hybridized carbons (Fsp3) is 0.250. The molecule has 0 bridgehead atoms. The molecule has 2 aromatic carbocycles. The molecule has 0 aromatic heterocycles. The number of aliphatic hydroxyl groups excluding tert-OH is 1. The van der Waals surface area contributed by atoms with Crippen molar-refractivity contribution < 1.29 is 9.50 Å². The minimum atomic E-state index is -0.602. The van der Waals surface area contributed by atoms with Gasteiger partial charge in [0.2, 0.25) is 0 Å². The molecule has 0 unspecified atom stereocenters. The summed E-state index contributed by atoms with van der Waals surface area (Å²) < 4.78 is 12.8. The zero-order valence-electron chi connectivity index (χ0n) is 11.0. The number of hydrogen-bond donors (Lipinski definition) is 1. The van der Waals surface area contributed by atoms with Gasteiger partial charge in [0.15, 0.2) is 0 Å². The normalized spacial score (nSPS) is 12.6. The van der Waals surface area contributed by atoms with Gasteiger partial charge in [-0.05, 0) is 30.3 Å². The number of hydrogen-bond acceptors (Lipinski definition) is 2. The number of aliphatic hydroxyl groups is 1. The quantitative estimate of drug-likeness (QED) is 0.892. The van der Waals surface area contributed by atoms with E-state index in [-0.39, 0.29) is 5.82 Å². The largest absolute Gasteiger partial charge is 0.387 e. The van der Waals surface area contributed by atoms with Gasteiger partial charge in [-0.15, -0.1) is 0 Å². The van der Waals surface area contributed by atoms with Crippen LogP contribution in [0.25, 0.3) is 0 Å². The lowest BCUT2D eigenvalue weighted by Gasteiger charge is -2.20. The SMILES string of the molecule is CN(Cc1ccccc1)C[C@H](O)c1ccc(F)cc1. The Morgan fingerprint density at radius 3 is 2.32 bits per heavy atom. The molecule has 0 aliphatic rings. The zero-order chi connectivity index (χ0) is 13.7. The molecule has 1 N–H and O–H groups in total. The topological polar surface area (TPSA) is 23.5 Å². The van der Waals surface area contributed by atoms with Crippen LogP contribution in [-0.4, -0.2) is 23.6 Å². The van der Waals surface area contributed by atoms with Crippen molar-refractivity contribution in [2.24, 2.45) is 0 Å². The first-order valence-electron chi connectivity index (χ1n) is 6.31. The molecular formula is C16H18FNO. The van der Waals surface area contributed by atoms with Crippen LogP contribution in [-0.2, 0) is 6.54 Å². The third-order valence-electron chi connectivity index (χ3n) is 3.03. The second-order valence-electron chi connectivity index (χ2n) is 4.75. The van der Waals surface area contributed by atoms with Crippen molar-refractivity contribution in [1.29, 1.82) is 0 Å². The maximum Gasteiger partial charge on any atom is 0.123 e. The zero-order valence-corrected chi connectivity index (χ0v) is 11.0. The van der Waals surface area contributed by atoms with Gasteiger partial charge in [-0.2, -0.15) is 0 Å². The summed E-state index contributed by atoms with van der Waals surface area (Å²) in [5.41, 5.74) is 1.94. The molecule has 0 heterocycles. The van der Waals surface area contributed by atoms with E-state index >= 15 is 0 Å². The number of likely N-dealkylation sites (N-methyl/N-ethyl adjacent to an activating group) is 1. The Bertz CT molecular complexity index is 498. The molecule has 0 saturated carbocycles. The third kappa shape index (κ3) is 4.16. The lowest BCUT2D eigenvalue weighted by atomic mass is 10.1. The van der Waals surface area contributed by atoms with Crippen molar-refractivity contribution in [3.05, 3.63) is 71.5 Å². The predicted octanol–water partition coefficient (Wildman–Crippen LogP) is 2.99. The van der Waals surface area contributed by atoms with Gasteiger partial charge < -0.3 is 5.11 Å². The van der Waals surface area contributed by atoms with Crippen LogP contribution in [0.15, 0.2) is 54.6 Å². The minimum Gasteiger partial charge on any atom is -0.387 e. The smallest absolute Gasteiger partial charge is 0.123 e. The Labute approximate surface area is 113 Å². The van der Waals surface area contributed by atoms with Crippen molar-refractivity contribution in [3.8, 4) is 0 Å². The van der Waals surface area contributed by atoms with Crippen LogP contribution < -0.4 is 0 Å². The van der Waals surface area contributed by atoms with Crippen molar-refractivity contribution in [2.45, 2.75) is 12.6 Å². The Morgan fingerprint density at radius 1 is 1.05 bits per heavy atom. The predicted molar refractivity (Wildman–Crippen MR) is 74.1 cm³/mol. The highest BCUT2D eigenvalue weighted by Gasteiger charge is 2.11. The monoisotopic (exact) mass is 259 g/mol. The lowest BCUT2D eigenvalue weighted by molar-refractivity contribution is 0.124. The van der Waals surface area contributed by atoms with Gasteiger partial charge in [0, 0.05) is 13.1 Å². The Hall–Kier alpha value is -1.71. The number of nitrogens with zero attached hydrogens (tertiary/aromatic N) is 1. The summed E-state index contributed by atoms with van der Waals surface area (Å²) in [6, 6.07) is 16.1. The molecule has 100 valence electrons. The molecule has 0 fully saturated rings.